The van der Waals surface area contributed by atoms with E-state index in [0.29, 0.717) is 16.3 Å². The molecule has 6 heteroatoms. The lowest BCUT2D eigenvalue weighted by atomic mass is 10.1. The molecule has 18 heavy (non-hydrogen) atoms. The van der Waals surface area contributed by atoms with Gasteiger partial charge in [0.25, 0.3) is 0 Å². The summed E-state index contributed by atoms with van der Waals surface area (Å²) in [5.41, 5.74) is 0.716. The van der Waals surface area contributed by atoms with Crippen LogP contribution in [-0.2, 0) is 16.1 Å². The highest BCUT2D eigenvalue weighted by Gasteiger charge is 2.26. The van der Waals surface area contributed by atoms with E-state index in [1.54, 1.807) is 18.2 Å². The number of carbonyl (C=O) groups is 2. The van der Waals surface area contributed by atoms with Crippen LogP contribution in [0.4, 0.5) is 0 Å². The van der Waals surface area contributed by atoms with Gasteiger partial charge in [0.2, 0.25) is 11.8 Å². The van der Waals surface area contributed by atoms with E-state index in [9.17, 15) is 9.59 Å². The Morgan fingerprint density at radius 3 is 2.61 bits per heavy atom. The molecule has 1 aromatic carbocycles. The molecule has 2 amide bonds. The molecule has 0 aromatic heterocycles. The second-order valence-electron chi connectivity index (χ2n) is 3.93. The fourth-order valence-corrected chi connectivity index (χ4v) is 2.02. The van der Waals surface area contributed by atoms with E-state index in [0.717, 1.165) is 0 Å². The highest BCUT2D eigenvalue weighted by atomic mass is 35.5. The Morgan fingerprint density at radius 1 is 1.33 bits per heavy atom. The molecule has 0 aliphatic carbocycles. The molecule has 1 fully saturated rings. The Hall–Kier alpha value is -1.59. The number of hydrogen-bond donors (Lipinski definition) is 1. The van der Waals surface area contributed by atoms with Gasteiger partial charge in [-0.15, -0.1) is 0 Å². The first-order chi connectivity index (χ1) is 8.61. The van der Waals surface area contributed by atoms with E-state index in [1.165, 1.54) is 12.0 Å². The van der Waals surface area contributed by atoms with Crippen LogP contribution in [0.2, 0.25) is 5.02 Å². The summed E-state index contributed by atoms with van der Waals surface area (Å²) in [6.07, 6.45) is 0. The first-order valence-corrected chi connectivity index (χ1v) is 5.86. The third kappa shape index (κ3) is 2.63. The highest BCUT2D eigenvalue weighted by molar-refractivity contribution is 6.30. The van der Waals surface area contributed by atoms with Crippen molar-refractivity contribution in [1.29, 1.82) is 0 Å². The van der Waals surface area contributed by atoms with Crippen LogP contribution < -0.4 is 10.1 Å². The van der Waals surface area contributed by atoms with Crippen molar-refractivity contribution in [3.63, 3.8) is 0 Å². The molecule has 0 bridgehead atoms. The molecule has 2 rings (SSSR count). The van der Waals surface area contributed by atoms with Crippen LogP contribution in [0.25, 0.3) is 0 Å². The number of halogens is 1. The Kier molecular flexibility index (Phi) is 3.84. The Labute approximate surface area is 110 Å². The lowest BCUT2D eigenvalue weighted by molar-refractivity contribution is -0.147. The molecule has 0 radical (unpaired) electrons. The number of benzene rings is 1. The van der Waals surface area contributed by atoms with Crippen LogP contribution in [0.1, 0.15) is 5.56 Å². The molecular formula is C12H13ClN2O3. The zero-order valence-electron chi connectivity index (χ0n) is 9.90. The van der Waals surface area contributed by atoms with Gasteiger partial charge >= 0.3 is 0 Å². The van der Waals surface area contributed by atoms with Gasteiger partial charge in [-0.05, 0) is 18.2 Å². The van der Waals surface area contributed by atoms with Gasteiger partial charge in [0, 0.05) is 10.6 Å². The molecule has 0 atom stereocenters. The van der Waals surface area contributed by atoms with Crippen LogP contribution >= 0.6 is 11.6 Å². The number of amides is 2. The number of rotatable bonds is 3. The zero-order valence-corrected chi connectivity index (χ0v) is 10.7. The molecule has 96 valence electrons. The van der Waals surface area contributed by atoms with Crippen LogP contribution in [0.3, 0.4) is 0 Å². The summed E-state index contributed by atoms with van der Waals surface area (Å²) in [6.45, 7) is 0.534. The monoisotopic (exact) mass is 268 g/mol. The van der Waals surface area contributed by atoms with Crippen LogP contribution in [0, 0.1) is 0 Å². The summed E-state index contributed by atoms with van der Waals surface area (Å²) < 4.78 is 5.19. The van der Waals surface area contributed by atoms with Crippen molar-refractivity contribution < 1.29 is 14.3 Å². The lowest BCUT2D eigenvalue weighted by Crippen LogP contribution is -2.51. The molecule has 5 nitrogen and oxygen atoms in total. The molecule has 1 N–H and O–H groups in total. The summed E-state index contributed by atoms with van der Waals surface area (Å²) in [4.78, 5) is 24.5. The number of methoxy groups -OCH3 is 1. The fourth-order valence-electron chi connectivity index (χ4n) is 1.82. The van der Waals surface area contributed by atoms with Gasteiger partial charge in [-0.3, -0.25) is 19.8 Å². The molecule has 1 saturated heterocycles. The van der Waals surface area contributed by atoms with Crippen molar-refractivity contribution in [3.05, 3.63) is 28.8 Å². The van der Waals surface area contributed by atoms with Crippen molar-refractivity contribution in [1.82, 2.24) is 10.2 Å². The standard InChI is InChI=1S/C12H13ClN2O3/c1-18-10-3-2-9(13)4-8(10)7-15-11(16)5-14-6-12(15)17/h2-4,14H,5-7H2,1H3. The van der Waals surface area contributed by atoms with Gasteiger partial charge < -0.3 is 4.74 Å². The topological polar surface area (TPSA) is 58.6 Å². The summed E-state index contributed by atoms with van der Waals surface area (Å²) in [5.74, 6) is 0.125. The minimum absolute atomic E-state index is 0.175. The highest BCUT2D eigenvalue weighted by Crippen LogP contribution is 2.24. The molecular weight excluding hydrogens is 256 g/mol. The van der Waals surface area contributed by atoms with Crippen LogP contribution in [-0.4, -0.2) is 36.9 Å². The van der Waals surface area contributed by atoms with E-state index in [4.69, 9.17) is 16.3 Å². The largest absolute Gasteiger partial charge is 0.496 e. The van der Waals surface area contributed by atoms with E-state index < -0.39 is 0 Å². The summed E-state index contributed by atoms with van der Waals surface area (Å²) in [5, 5.41) is 3.28. The molecule has 1 heterocycles. The van der Waals surface area contributed by atoms with Gasteiger partial charge in [0.15, 0.2) is 0 Å². The second kappa shape index (κ2) is 5.37. The van der Waals surface area contributed by atoms with Gasteiger partial charge in [-0.2, -0.15) is 0 Å². The summed E-state index contributed by atoms with van der Waals surface area (Å²) in [6, 6.07) is 5.11. The Balaban J connectivity index is 2.24. The van der Waals surface area contributed by atoms with Gasteiger partial charge in [0.05, 0.1) is 26.7 Å². The predicted octanol–water partition coefficient (Wildman–Crippen LogP) is 0.807. The van der Waals surface area contributed by atoms with Crippen molar-refractivity contribution in [2.45, 2.75) is 6.54 Å². The van der Waals surface area contributed by atoms with E-state index in [1.807, 2.05) is 0 Å². The first-order valence-electron chi connectivity index (χ1n) is 5.48. The van der Waals surface area contributed by atoms with Crippen LogP contribution in [0.15, 0.2) is 18.2 Å². The van der Waals surface area contributed by atoms with E-state index >= 15 is 0 Å². The average molecular weight is 269 g/mol. The number of hydrogen-bond acceptors (Lipinski definition) is 4. The Morgan fingerprint density at radius 2 is 2.00 bits per heavy atom. The van der Waals surface area contributed by atoms with Crippen LogP contribution in [0.5, 0.6) is 5.75 Å². The zero-order chi connectivity index (χ0) is 13.1. The SMILES string of the molecule is COc1ccc(Cl)cc1CN1C(=O)CNCC1=O. The minimum atomic E-state index is -0.242. The van der Waals surface area contributed by atoms with Crippen molar-refractivity contribution in [2.75, 3.05) is 20.2 Å². The maximum atomic E-state index is 11.7. The van der Waals surface area contributed by atoms with Crippen molar-refractivity contribution >= 4 is 23.4 Å². The van der Waals surface area contributed by atoms with Gasteiger partial charge in [-0.1, -0.05) is 11.6 Å². The number of ether oxygens (including phenoxy) is 1. The number of nitrogens with one attached hydrogen (secondary N) is 1. The maximum absolute atomic E-state index is 11.7. The fraction of sp³-hybridized carbons (Fsp3) is 0.333. The molecule has 0 unspecified atom stereocenters. The Bertz CT molecular complexity index is 474. The predicted molar refractivity (Wildman–Crippen MR) is 66.4 cm³/mol. The second-order valence-corrected chi connectivity index (χ2v) is 4.37. The number of nitrogens with zero attached hydrogens (tertiary/aromatic N) is 1. The van der Waals surface area contributed by atoms with E-state index in [2.05, 4.69) is 5.32 Å². The summed E-state index contributed by atoms with van der Waals surface area (Å²) in [7, 11) is 1.54. The van der Waals surface area contributed by atoms with Crippen molar-refractivity contribution in [2.24, 2.45) is 0 Å². The summed E-state index contributed by atoms with van der Waals surface area (Å²) >= 11 is 5.91. The molecule has 1 aliphatic rings. The maximum Gasteiger partial charge on any atom is 0.243 e. The third-order valence-corrected chi connectivity index (χ3v) is 2.96. The molecule has 0 spiro atoms. The smallest absolute Gasteiger partial charge is 0.243 e. The molecule has 1 aromatic rings. The first kappa shape index (κ1) is 12.9. The van der Waals surface area contributed by atoms with E-state index in [-0.39, 0.29) is 31.4 Å². The quantitative estimate of drug-likeness (QED) is 0.824. The third-order valence-electron chi connectivity index (χ3n) is 2.73. The lowest BCUT2D eigenvalue weighted by Gasteiger charge is -2.26. The van der Waals surface area contributed by atoms with Crippen molar-refractivity contribution in [3.8, 4) is 5.75 Å². The van der Waals surface area contributed by atoms with Gasteiger partial charge in [-0.25, -0.2) is 0 Å². The number of piperazine rings is 1. The number of carbonyl (C=O) groups excluding carboxylic acids is 2. The molecule has 0 saturated carbocycles. The van der Waals surface area contributed by atoms with Gasteiger partial charge in [0.1, 0.15) is 5.75 Å². The normalized spacial score (nSPS) is 16.0. The minimum Gasteiger partial charge on any atom is -0.496 e. The number of imide groups is 1. The molecule has 1 aliphatic heterocycles. The average Bonchev–Trinajstić information content (AvgIpc) is 2.34.